The Labute approximate surface area is 215 Å². The van der Waals surface area contributed by atoms with Gasteiger partial charge in [-0.15, -0.1) is 11.3 Å². The average molecular weight is 484 g/mol. The third kappa shape index (κ3) is 12.4. The molecule has 1 N–H and O–H groups in total. The highest BCUT2D eigenvalue weighted by Gasteiger charge is 2.07. The van der Waals surface area contributed by atoms with Crippen LogP contribution in [-0.2, 0) is 12.8 Å². The number of hydrogen-bond acceptors (Lipinski definition) is 2. The van der Waals surface area contributed by atoms with E-state index in [-0.39, 0.29) is 0 Å². The van der Waals surface area contributed by atoms with Crippen LogP contribution in [0.1, 0.15) is 134 Å². The lowest BCUT2D eigenvalue weighted by molar-refractivity contribution is 0.528. The first kappa shape index (κ1) is 29.0. The Kier molecular flexibility index (Phi) is 16.2. The van der Waals surface area contributed by atoms with Crippen LogP contribution in [0.25, 0.3) is 10.1 Å². The molecule has 0 saturated carbocycles. The largest absolute Gasteiger partial charge is 0.389 e. The van der Waals surface area contributed by atoms with E-state index in [2.05, 4.69) is 49.3 Å². The summed E-state index contributed by atoms with van der Waals surface area (Å²) in [5.41, 5.74) is 4.06. The highest BCUT2D eigenvalue weighted by Crippen LogP contribution is 2.28. The molecule has 0 radical (unpaired) electrons. The predicted molar refractivity (Wildman–Crippen MR) is 156 cm³/mol. The first-order valence-corrected chi connectivity index (χ1v) is 15.5. The maximum atomic E-state index is 4.30. The number of fused-ring (bicyclic) bond motifs is 1. The highest BCUT2D eigenvalue weighted by atomic mass is 32.1. The van der Waals surface area contributed by atoms with Crippen molar-refractivity contribution in [2.24, 2.45) is 0 Å². The van der Waals surface area contributed by atoms with Crippen LogP contribution in [0.5, 0.6) is 0 Å². The van der Waals surface area contributed by atoms with E-state index in [1.807, 2.05) is 11.3 Å². The molecular weight excluding hydrogens is 430 g/mol. The van der Waals surface area contributed by atoms with Gasteiger partial charge in [-0.2, -0.15) is 0 Å². The maximum absolute atomic E-state index is 4.30. The van der Waals surface area contributed by atoms with Gasteiger partial charge < -0.3 is 5.32 Å². The molecule has 0 aliphatic carbocycles. The van der Waals surface area contributed by atoms with Gasteiger partial charge in [0.15, 0.2) is 0 Å². The lowest BCUT2D eigenvalue weighted by atomic mass is 10.0. The Morgan fingerprint density at radius 1 is 0.735 bits per heavy atom. The molecule has 1 nitrogen and oxygen atoms in total. The minimum absolute atomic E-state index is 0.953. The summed E-state index contributed by atoms with van der Waals surface area (Å²) < 4.78 is 1.40. The van der Waals surface area contributed by atoms with Crippen LogP contribution in [0.3, 0.4) is 0 Å². The van der Waals surface area contributed by atoms with Gasteiger partial charge in [0.1, 0.15) is 0 Å². The molecule has 2 aromatic rings. The standard InChI is InChI=1S/C32H53NS/c1-4-6-7-8-9-10-11-12-13-14-15-16-17-18-19-20-24-33-28(3)25-30-27-34-32-23-22-29(21-5-2)26-31(30)32/h22-23,26-27,33H,3-21,24-25H2,1-2H3. The summed E-state index contributed by atoms with van der Waals surface area (Å²) in [6.07, 6.45) is 26.1. The summed E-state index contributed by atoms with van der Waals surface area (Å²) in [4.78, 5) is 0. The van der Waals surface area contributed by atoms with Gasteiger partial charge in [0.2, 0.25) is 0 Å². The predicted octanol–water partition coefficient (Wildman–Crippen LogP) is 10.8. The second-order valence-corrected chi connectivity index (χ2v) is 11.3. The Morgan fingerprint density at radius 3 is 1.85 bits per heavy atom. The van der Waals surface area contributed by atoms with Crippen molar-refractivity contribution in [3.63, 3.8) is 0 Å². The van der Waals surface area contributed by atoms with Gasteiger partial charge in [-0.3, -0.25) is 0 Å². The molecule has 0 bridgehead atoms. The second kappa shape index (κ2) is 19.0. The van der Waals surface area contributed by atoms with Crippen LogP contribution in [0.4, 0.5) is 0 Å². The van der Waals surface area contributed by atoms with Gasteiger partial charge in [0.25, 0.3) is 0 Å². The fourth-order valence-corrected chi connectivity index (χ4v) is 5.88. The average Bonchev–Trinajstić information content (AvgIpc) is 3.23. The minimum Gasteiger partial charge on any atom is -0.389 e. The lowest BCUT2D eigenvalue weighted by Gasteiger charge is -2.10. The summed E-state index contributed by atoms with van der Waals surface area (Å²) in [7, 11) is 0. The summed E-state index contributed by atoms with van der Waals surface area (Å²) in [6.45, 7) is 9.92. The second-order valence-electron chi connectivity index (χ2n) is 10.4. The zero-order chi connectivity index (χ0) is 24.3. The smallest absolute Gasteiger partial charge is 0.0345 e. The molecule has 1 heterocycles. The number of unbranched alkanes of at least 4 members (excludes halogenated alkanes) is 15. The van der Waals surface area contributed by atoms with E-state index in [0.29, 0.717) is 0 Å². The molecule has 192 valence electrons. The topological polar surface area (TPSA) is 12.0 Å². The third-order valence-corrected chi connectivity index (χ3v) is 8.08. The van der Waals surface area contributed by atoms with Crippen molar-refractivity contribution in [3.8, 4) is 0 Å². The van der Waals surface area contributed by atoms with Gasteiger partial charge in [0.05, 0.1) is 0 Å². The fourth-order valence-electron chi connectivity index (χ4n) is 4.94. The first-order valence-electron chi connectivity index (χ1n) is 14.6. The van der Waals surface area contributed by atoms with Gasteiger partial charge in [-0.1, -0.05) is 135 Å². The van der Waals surface area contributed by atoms with E-state index < -0.39 is 0 Å². The molecule has 0 saturated heterocycles. The number of aryl methyl sites for hydroxylation is 1. The molecule has 0 aliphatic rings. The van der Waals surface area contributed by atoms with Crippen LogP contribution in [-0.4, -0.2) is 6.54 Å². The minimum atomic E-state index is 0.953. The van der Waals surface area contributed by atoms with E-state index in [1.165, 1.54) is 142 Å². The van der Waals surface area contributed by atoms with Crippen LogP contribution in [0.2, 0.25) is 0 Å². The van der Waals surface area contributed by atoms with E-state index in [1.54, 1.807) is 0 Å². The number of rotatable bonds is 22. The van der Waals surface area contributed by atoms with E-state index >= 15 is 0 Å². The summed E-state index contributed by atoms with van der Waals surface area (Å²) in [6, 6.07) is 6.98. The highest BCUT2D eigenvalue weighted by molar-refractivity contribution is 7.17. The van der Waals surface area contributed by atoms with Crippen molar-refractivity contribution in [2.45, 2.75) is 136 Å². The van der Waals surface area contributed by atoms with Crippen LogP contribution in [0, 0.1) is 0 Å². The maximum Gasteiger partial charge on any atom is 0.0345 e. The van der Waals surface area contributed by atoms with Crippen molar-refractivity contribution in [3.05, 3.63) is 47.0 Å². The van der Waals surface area contributed by atoms with E-state index in [0.717, 1.165) is 13.0 Å². The van der Waals surface area contributed by atoms with Crippen LogP contribution in [0.15, 0.2) is 35.9 Å². The Hall–Kier alpha value is -1.28. The number of hydrogen-bond donors (Lipinski definition) is 1. The quantitative estimate of drug-likeness (QED) is 0.164. The summed E-state index contributed by atoms with van der Waals surface area (Å²) in [5, 5.41) is 7.34. The molecule has 1 aromatic carbocycles. The van der Waals surface area contributed by atoms with Crippen molar-refractivity contribution in [1.29, 1.82) is 0 Å². The lowest BCUT2D eigenvalue weighted by Crippen LogP contribution is -2.15. The SMILES string of the molecule is C=C(Cc1csc2ccc(CCC)cc12)NCCCCCCCCCCCCCCCCCC. The Balaban J connectivity index is 1.41. The molecule has 0 aliphatic heterocycles. The van der Waals surface area contributed by atoms with Crippen LogP contribution >= 0.6 is 11.3 Å². The van der Waals surface area contributed by atoms with E-state index in [9.17, 15) is 0 Å². The molecule has 2 rings (SSSR count). The third-order valence-electron chi connectivity index (χ3n) is 7.07. The van der Waals surface area contributed by atoms with E-state index in [4.69, 9.17) is 0 Å². The fraction of sp³-hybridized carbons (Fsp3) is 0.688. The number of benzene rings is 1. The Bertz CT molecular complexity index is 774. The van der Waals surface area contributed by atoms with Crippen molar-refractivity contribution >= 4 is 21.4 Å². The first-order chi connectivity index (χ1) is 16.7. The zero-order valence-corrected chi connectivity index (χ0v) is 23.4. The van der Waals surface area contributed by atoms with Crippen LogP contribution < -0.4 is 5.32 Å². The van der Waals surface area contributed by atoms with Crippen molar-refractivity contribution < 1.29 is 0 Å². The summed E-state index contributed by atoms with van der Waals surface area (Å²) >= 11 is 1.86. The molecule has 0 spiro atoms. The molecule has 1 aromatic heterocycles. The molecular formula is C32H53NS. The van der Waals surface area contributed by atoms with Gasteiger partial charge in [-0.05, 0) is 40.8 Å². The number of thiophene rings is 1. The number of allylic oxidation sites excluding steroid dienone is 1. The zero-order valence-electron chi connectivity index (χ0n) is 22.6. The molecule has 0 amide bonds. The number of nitrogens with one attached hydrogen (secondary N) is 1. The van der Waals surface area contributed by atoms with Gasteiger partial charge in [-0.25, -0.2) is 0 Å². The molecule has 0 unspecified atom stereocenters. The molecule has 0 atom stereocenters. The van der Waals surface area contributed by atoms with Crippen molar-refractivity contribution in [2.75, 3.05) is 6.54 Å². The molecule has 2 heteroatoms. The Morgan fingerprint density at radius 2 is 1.29 bits per heavy atom. The van der Waals surface area contributed by atoms with Gasteiger partial charge in [0, 0.05) is 23.4 Å². The molecule has 34 heavy (non-hydrogen) atoms. The van der Waals surface area contributed by atoms with Gasteiger partial charge >= 0.3 is 0 Å². The van der Waals surface area contributed by atoms with Crippen molar-refractivity contribution in [1.82, 2.24) is 5.32 Å². The monoisotopic (exact) mass is 483 g/mol. The summed E-state index contributed by atoms with van der Waals surface area (Å²) in [5.74, 6) is 0. The molecule has 0 fully saturated rings. The normalized spacial score (nSPS) is 11.4.